The molecule has 7 heteroatoms. The highest BCUT2D eigenvalue weighted by Crippen LogP contribution is 2.43. The van der Waals surface area contributed by atoms with Crippen LogP contribution in [0.5, 0.6) is 17.2 Å². The largest absolute Gasteiger partial charge is 0.513 e. The molecule has 156 valence electrons. The van der Waals surface area contributed by atoms with E-state index in [0.29, 0.717) is 5.75 Å². The number of nitrogens with zero attached hydrogens (tertiary/aromatic N) is 1. The van der Waals surface area contributed by atoms with Crippen LogP contribution in [0, 0.1) is 0 Å². The number of aromatic nitrogens is 2. The number of fused-ring (bicyclic) bond motifs is 5. The lowest BCUT2D eigenvalue weighted by Gasteiger charge is -2.27. The molecular formula is C24H20N2O5. The molecule has 7 nitrogen and oxygen atoms in total. The lowest BCUT2D eigenvalue weighted by Crippen LogP contribution is -2.20. The van der Waals surface area contributed by atoms with Crippen LogP contribution in [0.15, 0.2) is 54.7 Å². The van der Waals surface area contributed by atoms with Crippen LogP contribution in [0.3, 0.4) is 0 Å². The van der Waals surface area contributed by atoms with Gasteiger partial charge >= 0.3 is 6.16 Å². The Bertz CT molecular complexity index is 1320. The first kappa shape index (κ1) is 17.9. The summed E-state index contributed by atoms with van der Waals surface area (Å²) < 4.78 is 23.6. The van der Waals surface area contributed by atoms with Gasteiger partial charge in [-0.3, -0.25) is 0 Å². The van der Waals surface area contributed by atoms with Crippen molar-refractivity contribution in [3.8, 4) is 17.2 Å². The molecule has 2 aliphatic rings. The summed E-state index contributed by atoms with van der Waals surface area (Å²) in [4.78, 5) is 15.5. The second kappa shape index (κ2) is 6.84. The summed E-state index contributed by atoms with van der Waals surface area (Å²) >= 11 is 0. The molecule has 2 aliphatic heterocycles. The van der Waals surface area contributed by atoms with E-state index >= 15 is 0 Å². The van der Waals surface area contributed by atoms with Gasteiger partial charge in [0.05, 0.1) is 12.6 Å². The summed E-state index contributed by atoms with van der Waals surface area (Å²) in [5.41, 5.74) is 5.57. The van der Waals surface area contributed by atoms with Gasteiger partial charge in [-0.2, -0.15) is 0 Å². The van der Waals surface area contributed by atoms with Crippen LogP contribution in [-0.4, -0.2) is 29.1 Å². The van der Waals surface area contributed by atoms with Gasteiger partial charge in [-0.1, -0.05) is 24.3 Å². The standard InChI is InChI=1S/C24H20N2O5/c1-2-28-24(27)31-16-10-15-11-18-17-5-3-4-6-19(17)25-22(18)23(26(15)12-16)14-7-8-20-21(9-14)30-13-29-20/h3-10,12,23,25H,2,11,13H2,1H3. The molecule has 2 aromatic heterocycles. The zero-order valence-electron chi connectivity index (χ0n) is 16.9. The summed E-state index contributed by atoms with van der Waals surface area (Å²) in [5, 5.41) is 1.20. The molecule has 0 saturated heterocycles. The number of H-pyrrole nitrogens is 1. The Kier molecular flexibility index (Phi) is 3.96. The van der Waals surface area contributed by atoms with E-state index in [1.54, 1.807) is 6.92 Å². The number of carbonyl (C=O) groups is 1. The van der Waals surface area contributed by atoms with Gasteiger partial charge < -0.3 is 28.5 Å². The van der Waals surface area contributed by atoms with Crippen molar-refractivity contribution in [3.63, 3.8) is 0 Å². The lowest BCUT2D eigenvalue weighted by molar-refractivity contribution is 0.104. The molecule has 1 N–H and O–H groups in total. The van der Waals surface area contributed by atoms with Crippen LogP contribution in [0.25, 0.3) is 10.9 Å². The van der Waals surface area contributed by atoms with Gasteiger partial charge in [0.2, 0.25) is 6.79 Å². The normalized spacial score (nSPS) is 16.1. The molecule has 0 aliphatic carbocycles. The third kappa shape index (κ3) is 2.84. The molecule has 1 unspecified atom stereocenters. The van der Waals surface area contributed by atoms with Crippen molar-refractivity contribution >= 4 is 17.1 Å². The Balaban J connectivity index is 1.50. The van der Waals surface area contributed by atoms with Gasteiger partial charge in [0.15, 0.2) is 17.2 Å². The third-order valence-electron chi connectivity index (χ3n) is 5.84. The van der Waals surface area contributed by atoms with Crippen molar-refractivity contribution in [2.45, 2.75) is 19.4 Å². The molecule has 0 bridgehead atoms. The second-order valence-corrected chi connectivity index (χ2v) is 7.61. The maximum Gasteiger partial charge on any atom is 0.513 e. The third-order valence-corrected chi connectivity index (χ3v) is 5.84. The smallest absolute Gasteiger partial charge is 0.454 e. The first-order chi connectivity index (χ1) is 15.2. The van der Waals surface area contributed by atoms with E-state index in [2.05, 4.69) is 33.8 Å². The molecule has 31 heavy (non-hydrogen) atoms. The Morgan fingerprint density at radius 2 is 2.03 bits per heavy atom. The van der Waals surface area contributed by atoms with E-state index in [-0.39, 0.29) is 19.4 Å². The molecule has 1 atom stereocenters. The fourth-order valence-corrected chi connectivity index (χ4v) is 4.55. The zero-order chi connectivity index (χ0) is 20.9. The summed E-state index contributed by atoms with van der Waals surface area (Å²) in [6.07, 6.45) is 1.89. The number of hydrogen-bond donors (Lipinski definition) is 1. The first-order valence-corrected chi connectivity index (χ1v) is 10.3. The Labute approximate surface area is 178 Å². The van der Waals surface area contributed by atoms with E-state index < -0.39 is 6.16 Å². The van der Waals surface area contributed by atoms with Gasteiger partial charge in [-0.15, -0.1) is 0 Å². The number of carbonyl (C=O) groups excluding carboxylic acids is 1. The average Bonchev–Trinajstić information content (AvgIpc) is 3.47. The van der Waals surface area contributed by atoms with Crippen LogP contribution in [-0.2, 0) is 11.2 Å². The minimum atomic E-state index is -0.700. The van der Waals surface area contributed by atoms with Crippen molar-refractivity contribution in [3.05, 3.63) is 77.2 Å². The van der Waals surface area contributed by atoms with Crippen LogP contribution in [0.1, 0.15) is 35.5 Å². The highest BCUT2D eigenvalue weighted by atomic mass is 16.7. The molecule has 4 heterocycles. The molecule has 0 amide bonds. The van der Waals surface area contributed by atoms with Gasteiger partial charge in [0, 0.05) is 41.0 Å². The van der Waals surface area contributed by atoms with Gasteiger partial charge in [0.1, 0.15) is 0 Å². The average molecular weight is 416 g/mol. The predicted molar refractivity (Wildman–Crippen MR) is 113 cm³/mol. The van der Waals surface area contributed by atoms with Gasteiger partial charge in [-0.05, 0) is 36.2 Å². The first-order valence-electron chi connectivity index (χ1n) is 10.3. The Morgan fingerprint density at radius 1 is 1.16 bits per heavy atom. The Hall–Kier alpha value is -3.87. The fourth-order valence-electron chi connectivity index (χ4n) is 4.55. The SMILES string of the molecule is CCOC(=O)Oc1cc2n(c1)C(c1ccc3c(c1)OCO3)c1[nH]c3ccccc3c1C2. The number of nitrogens with one attached hydrogen (secondary N) is 1. The summed E-state index contributed by atoms with van der Waals surface area (Å²) in [6.45, 7) is 2.25. The number of hydrogen-bond acceptors (Lipinski definition) is 5. The molecule has 6 rings (SSSR count). The molecule has 4 aromatic rings. The monoisotopic (exact) mass is 416 g/mol. The van der Waals surface area contributed by atoms with Crippen molar-refractivity contribution in [1.82, 2.24) is 9.55 Å². The molecule has 0 radical (unpaired) electrons. The summed E-state index contributed by atoms with van der Waals surface area (Å²) in [5.74, 6) is 1.95. The van der Waals surface area contributed by atoms with E-state index in [1.807, 2.05) is 30.5 Å². The number of para-hydroxylation sites is 1. The van der Waals surface area contributed by atoms with Crippen LogP contribution >= 0.6 is 0 Å². The van der Waals surface area contributed by atoms with Gasteiger partial charge in [-0.25, -0.2) is 4.79 Å². The van der Waals surface area contributed by atoms with Crippen LogP contribution in [0.4, 0.5) is 4.79 Å². The van der Waals surface area contributed by atoms with Crippen LogP contribution in [0.2, 0.25) is 0 Å². The number of rotatable bonds is 3. The number of ether oxygens (including phenoxy) is 4. The number of benzene rings is 2. The molecule has 0 fully saturated rings. The van der Waals surface area contributed by atoms with E-state index in [4.69, 9.17) is 18.9 Å². The Morgan fingerprint density at radius 3 is 2.94 bits per heavy atom. The van der Waals surface area contributed by atoms with Crippen LogP contribution < -0.4 is 14.2 Å². The van der Waals surface area contributed by atoms with Crippen molar-refractivity contribution < 1.29 is 23.7 Å². The minimum Gasteiger partial charge on any atom is -0.454 e. The highest BCUT2D eigenvalue weighted by molar-refractivity contribution is 5.86. The van der Waals surface area contributed by atoms with E-state index in [9.17, 15) is 4.79 Å². The van der Waals surface area contributed by atoms with E-state index in [1.165, 1.54) is 10.9 Å². The highest BCUT2D eigenvalue weighted by Gasteiger charge is 2.31. The van der Waals surface area contributed by atoms with Crippen molar-refractivity contribution in [2.24, 2.45) is 0 Å². The maximum absolute atomic E-state index is 11.9. The lowest BCUT2D eigenvalue weighted by atomic mass is 9.93. The van der Waals surface area contributed by atoms with E-state index in [0.717, 1.165) is 40.4 Å². The predicted octanol–water partition coefficient (Wildman–Crippen LogP) is 4.78. The summed E-state index contributed by atoms with van der Waals surface area (Å²) in [7, 11) is 0. The molecule has 2 aromatic carbocycles. The minimum absolute atomic E-state index is 0.125. The van der Waals surface area contributed by atoms with Crippen molar-refractivity contribution in [1.29, 1.82) is 0 Å². The quantitative estimate of drug-likeness (QED) is 0.429. The molecule has 0 saturated carbocycles. The molecular weight excluding hydrogens is 396 g/mol. The second-order valence-electron chi connectivity index (χ2n) is 7.61. The topological polar surface area (TPSA) is 74.7 Å². The maximum atomic E-state index is 11.9. The van der Waals surface area contributed by atoms with Gasteiger partial charge in [0.25, 0.3) is 0 Å². The zero-order valence-corrected chi connectivity index (χ0v) is 16.9. The van der Waals surface area contributed by atoms with Crippen molar-refractivity contribution in [2.75, 3.05) is 13.4 Å². The number of aromatic amines is 1. The summed E-state index contributed by atoms with van der Waals surface area (Å²) in [6, 6.07) is 16.1. The fraction of sp³-hybridized carbons (Fsp3) is 0.208. The molecule has 0 spiro atoms.